The van der Waals surface area contributed by atoms with Crippen molar-refractivity contribution in [2.45, 2.75) is 42.9 Å². The van der Waals surface area contributed by atoms with E-state index < -0.39 is 9.84 Å². The zero-order chi connectivity index (χ0) is 23.0. The van der Waals surface area contributed by atoms with Gasteiger partial charge < -0.3 is 10.3 Å². The molecule has 7 nitrogen and oxygen atoms in total. The maximum Gasteiger partial charge on any atom is 0.251 e. The summed E-state index contributed by atoms with van der Waals surface area (Å²) in [5.41, 5.74) is 4.86. The van der Waals surface area contributed by atoms with Crippen LogP contribution in [0.2, 0.25) is 0 Å². The van der Waals surface area contributed by atoms with Crippen LogP contribution in [0, 0.1) is 0 Å². The average molecular weight is 461 g/mol. The number of carbonyl (C=O) groups is 1. The summed E-state index contributed by atoms with van der Waals surface area (Å²) in [6, 6.07) is 14.4. The van der Waals surface area contributed by atoms with E-state index in [0.717, 1.165) is 28.7 Å². The molecule has 0 unspecified atom stereocenters. The highest BCUT2D eigenvalue weighted by Gasteiger charge is 2.36. The highest BCUT2D eigenvalue weighted by Crippen LogP contribution is 2.33. The van der Waals surface area contributed by atoms with E-state index in [-0.39, 0.29) is 22.6 Å². The SMILES string of the molecule is CCc1c[nH]c2nc(-c3ccc(C(=O)NCc4cc(S(=O)(=O)C5CC5)ccn4)cc3)ccc12. The molecule has 1 aliphatic rings. The Kier molecular flexibility index (Phi) is 5.46. The number of rotatable bonds is 7. The Morgan fingerprint density at radius 3 is 2.64 bits per heavy atom. The summed E-state index contributed by atoms with van der Waals surface area (Å²) in [5, 5.41) is 3.66. The van der Waals surface area contributed by atoms with Gasteiger partial charge in [0.25, 0.3) is 5.91 Å². The molecule has 1 aromatic carbocycles. The van der Waals surface area contributed by atoms with Crippen LogP contribution in [0.1, 0.15) is 41.4 Å². The van der Waals surface area contributed by atoms with Crippen molar-refractivity contribution < 1.29 is 13.2 Å². The van der Waals surface area contributed by atoms with E-state index in [4.69, 9.17) is 4.98 Å². The molecule has 3 heterocycles. The number of H-pyrrole nitrogens is 1. The summed E-state index contributed by atoms with van der Waals surface area (Å²) in [7, 11) is -3.29. The van der Waals surface area contributed by atoms with E-state index in [2.05, 4.69) is 28.3 Å². The van der Waals surface area contributed by atoms with Crippen LogP contribution < -0.4 is 5.32 Å². The lowest BCUT2D eigenvalue weighted by Crippen LogP contribution is -2.23. The Morgan fingerprint density at radius 2 is 1.91 bits per heavy atom. The van der Waals surface area contributed by atoms with Crippen LogP contribution in [0.3, 0.4) is 0 Å². The van der Waals surface area contributed by atoms with Crippen LogP contribution in [-0.2, 0) is 22.8 Å². The van der Waals surface area contributed by atoms with E-state index in [1.165, 1.54) is 17.8 Å². The summed E-state index contributed by atoms with van der Waals surface area (Å²) in [6.07, 6.45) is 5.83. The van der Waals surface area contributed by atoms with E-state index in [1.807, 2.05) is 24.4 Å². The fourth-order valence-electron chi connectivity index (χ4n) is 3.88. The second-order valence-electron chi connectivity index (χ2n) is 8.25. The molecule has 3 aromatic heterocycles. The number of benzene rings is 1. The van der Waals surface area contributed by atoms with Crippen LogP contribution in [0.25, 0.3) is 22.3 Å². The number of aryl methyl sites for hydroxylation is 1. The highest BCUT2D eigenvalue weighted by molar-refractivity contribution is 7.92. The molecule has 4 aromatic rings. The lowest BCUT2D eigenvalue weighted by molar-refractivity contribution is 0.0950. The molecule has 0 aliphatic heterocycles. The number of fused-ring (bicyclic) bond motifs is 1. The lowest BCUT2D eigenvalue weighted by Gasteiger charge is -2.08. The van der Waals surface area contributed by atoms with Gasteiger partial charge >= 0.3 is 0 Å². The Bertz CT molecular complexity index is 1440. The van der Waals surface area contributed by atoms with E-state index in [9.17, 15) is 13.2 Å². The van der Waals surface area contributed by atoms with Gasteiger partial charge in [-0.1, -0.05) is 19.1 Å². The van der Waals surface area contributed by atoms with Crippen molar-refractivity contribution >= 4 is 26.8 Å². The average Bonchev–Trinajstić information content (AvgIpc) is 3.63. The first-order valence-corrected chi connectivity index (χ1v) is 12.5. The van der Waals surface area contributed by atoms with Crippen LogP contribution in [-0.4, -0.2) is 34.5 Å². The topological polar surface area (TPSA) is 105 Å². The van der Waals surface area contributed by atoms with Crippen LogP contribution in [0.4, 0.5) is 0 Å². The number of aromatic nitrogens is 3. The number of sulfone groups is 1. The lowest BCUT2D eigenvalue weighted by atomic mass is 10.1. The molecule has 2 N–H and O–H groups in total. The quantitative estimate of drug-likeness (QED) is 0.433. The second kappa shape index (κ2) is 8.44. The minimum Gasteiger partial charge on any atom is -0.346 e. The summed E-state index contributed by atoms with van der Waals surface area (Å²) in [6.45, 7) is 2.27. The first-order chi connectivity index (χ1) is 16.0. The van der Waals surface area contributed by atoms with Gasteiger partial charge in [-0.05, 0) is 61.2 Å². The van der Waals surface area contributed by atoms with E-state index in [0.29, 0.717) is 24.1 Å². The van der Waals surface area contributed by atoms with Crippen LogP contribution >= 0.6 is 0 Å². The van der Waals surface area contributed by atoms with Gasteiger partial charge in [-0.25, -0.2) is 13.4 Å². The van der Waals surface area contributed by atoms with Crippen molar-refractivity contribution in [2.24, 2.45) is 0 Å². The predicted octanol–water partition coefficient (Wildman–Crippen LogP) is 4.05. The Labute approximate surface area is 192 Å². The van der Waals surface area contributed by atoms with Crippen molar-refractivity contribution in [1.82, 2.24) is 20.3 Å². The van der Waals surface area contributed by atoms with Crippen molar-refractivity contribution in [3.05, 3.63) is 77.7 Å². The maximum atomic E-state index is 12.6. The normalized spacial score (nSPS) is 13.8. The van der Waals surface area contributed by atoms with Gasteiger partial charge in [0.05, 0.1) is 28.1 Å². The minimum atomic E-state index is -3.29. The van der Waals surface area contributed by atoms with Gasteiger partial charge in [-0.15, -0.1) is 0 Å². The highest BCUT2D eigenvalue weighted by atomic mass is 32.2. The van der Waals surface area contributed by atoms with Crippen molar-refractivity contribution in [3.63, 3.8) is 0 Å². The van der Waals surface area contributed by atoms with Crippen LogP contribution in [0.15, 0.2) is 65.8 Å². The second-order valence-corrected chi connectivity index (χ2v) is 10.5. The van der Waals surface area contributed by atoms with Gasteiger partial charge in [0.15, 0.2) is 9.84 Å². The maximum absolute atomic E-state index is 12.6. The molecule has 33 heavy (non-hydrogen) atoms. The third-order valence-electron chi connectivity index (χ3n) is 5.96. The smallest absolute Gasteiger partial charge is 0.251 e. The standard InChI is InChI=1S/C25H24N4O3S/c1-2-16-14-27-24-22(16)9-10-23(29-24)17-3-5-18(6-4-17)25(30)28-15-19-13-21(11-12-26-19)33(31,32)20-7-8-20/h3-6,9-14,20H,2,7-8,15H2,1H3,(H,27,29)(H,28,30). The third kappa shape index (κ3) is 4.26. The fraction of sp³-hybridized carbons (Fsp3) is 0.240. The number of pyridine rings is 2. The van der Waals surface area contributed by atoms with Gasteiger partial charge in [0.2, 0.25) is 0 Å². The molecule has 1 amide bonds. The number of hydrogen-bond donors (Lipinski definition) is 2. The van der Waals surface area contributed by atoms with Gasteiger partial charge in [0, 0.05) is 28.9 Å². The number of carbonyl (C=O) groups excluding carboxylic acids is 1. The minimum absolute atomic E-state index is 0.152. The number of hydrogen-bond acceptors (Lipinski definition) is 5. The van der Waals surface area contributed by atoms with Crippen molar-refractivity contribution in [3.8, 4) is 11.3 Å². The number of nitrogens with zero attached hydrogens (tertiary/aromatic N) is 2. The summed E-state index contributed by atoms with van der Waals surface area (Å²) >= 11 is 0. The van der Waals surface area contributed by atoms with E-state index >= 15 is 0 Å². The van der Waals surface area contributed by atoms with Crippen molar-refractivity contribution in [1.29, 1.82) is 0 Å². The first kappa shape index (κ1) is 21.3. The summed E-state index contributed by atoms with van der Waals surface area (Å²) in [5.74, 6) is -0.251. The number of nitrogens with one attached hydrogen (secondary N) is 2. The molecular formula is C25H24N4O3S. The monoisotopic (exact) mass is 460 g/mol. The molecule has 0 saturated heterocycles. The Balaban J connectivity index is 1.27. The van der Waals surface area contributed by atoms with Crippen LogP contribution in [0.5, 0.6) is 0 Å². The molecule has 1 aliphatic carbocycles. The van der Waals surface area contributed by atoms with Gasteiger partial charge in [0.1, 0.15) is 5.65 Å². The first-order valence-electron chi connectivity index (χ1n) is 11.0. The molecule has 0 spiro atoms. The number of aromatic amines is 1. The largest absolute Gasteiger partial charge is 0.346 e. The molecule has 1 saturated carbocycles. The third-order valence-corrected chi connectivity index (χ3v) is 8.22. The molecule has 0 radical (unpaired) electrons. The van der Waals surface area contributed by atoms with E-state index in [1.54, 1.807) is 18.2 Å². The zero-order valence-electron chi connectivity index (χ0n) is 18.2. The van der Waals surface area contributed by atoms with Crippen molar-refractivity contribution in [2.75, 3.05) is 0 Å². The molecule has 8 heteroatoms. The van der Waals surface area contributed by atoms with Gasteiger partial charge in [-0.3, -0.25) is 9.78 Å². The summed E-state index contributed by atoms with van der Waals surface area (Å²) in [4.78, 5) is 25.0. The molecule has 0 atom stereocenters. The predicted molar refractivity (Wildman–Crippen MR) is 127 cm³/mol. The molecular weight excluding hydrogens is 436 g/mol. The molecule has 1 fully saturated rings. The molecule has 0 bridgehead atoms. The Morgan fingerprint density at radius 1 is 1.12 bits per heavy atom. The molecule has 5 rings (SSSR count). The zero-order valence-corrected chi connectivity index (χ0v) is 19.0. The fourth-order valence-corrected chi connectivity index (χ4v) is 5.57. The summed E-state index contributed by atoms with van der Waals surface area (Å²) < 4.78 is 24.8. The van der Waals surface area contributed by atoms with Gasteiger partial charge in [-0.2, -0.15) is 0 Å². The molecule has 168 valence electrons. The Hall–Kier alpha value is -3.52. The number of amides is 1.